The van der Waals surface area contributed by atoms with Crippen LogP contribution in [0.5, 0.6) is 0 Å². The summed E-state index contributed by atoms with van der Waals surface area (Å²) < 4.78 is 1.88. The summed E-state index contributed by atoms with van der Waals surface area (Å²) in [7, 11) is 0. The van der Waals surface area contributed by atoms with E-state index in [2.05, 4.69) is 10.4 Å². The first kappa shape index (κ1) is 23.1. The third kappa shape index (κ3) is 4.94. The van der Waals surface area contributed by atoms with Gasteiger partial charge in [-0.15, -0.1) is 0 Å². The summed E-state index contributed by atoms with van der Waals surface area (Å²) in [6, 6.07) is 25.0. The van der Waals surface area contributed by atoms with Crippen LogP contribution in [0.15, 0.2) is 94.9 Å². The average molecular weight is 499 g/mol. The van der Waals surface area contributed by atoms with Gasteiger partial charge < -0.3 is 5.32 Å². The van der Waals surface area contributed by atoms with Crippen molar-refractivity contribution in [3.05, 3.63) is 101 Å². The lowest BCUT2D eigenvalue weighted by Gasteiger charge is -2.13. The van der Waals surface area contributed by atoms with Gasteiger partial charge in [0.15, 0.2) is 0 Å². The van der Waals surface area contributed by atoms with Gasteiger partial charge in [0, 0.05) is 38.5 Å². The SMILES string of the molecule is CCn1cc(-c2cc(C(=O)Nc3ccccc3Sc3ccc(Cl)cc3)c3ccccc3n2)c(C)n1. The Morgan fingerprint density at radius 2 is 1.77 bits per heavy atom. The number of anilines is 1. The van der Waals surface area contributed by atoms with Gasteiger partial charge in [0.25, 0.3) is 5.91 Å². The Balaban J connectivity index is 1.52. The van der Waals surface area contributed by atoms with Crippen LogP contribution in [0.3, 0.4) is 0 Å². The minimum atomic E-state index is -0.186. The number of hydrogen-bond donors (Lipinski definition) is 1. The molecule has 0 aliphatic rings. The number of pyridine rings is 1. The highest BCUT2D eigenvalue weighted by Gasteiger charge is 2.17. The number of halogens is 1. The predicted molar refractivity (Wildman–Crippen MR) is 143 cm³/mol. The van der Waals surface area contributed by atoms with Crippen LogP contribution in [-0.4, -0.2) is 20.7 Å². The summed E-state index contributed by atoms with van der Waals surface area (Å²) in [4.78, 5) is 20.4. The van der Waals surface area contributed by atoms with Crippen LogP contribution in [0.25, 0.3) is 22.2 Å². The van der Waals surface area contributed by atoms with E-state index in [1.165, 1.54) is 0 Å². The first-order valence-electron chi connectivity index (χ1n) is 11.3. The Morgan fingerprint density at radius 1 is 1.03 bits per heavy atom. The first-order valence-corrected chi connectivity index (χ1v) is 12.5. The number of nitrogens with one attached hydrogen (secondary N) is 1. The molecule has 5 aromatic rings. The normalized spacial score (nSPS) is 11.1. The number of aromatic nitrogens is 3. The lowest BCUT2D eigenvalue weighted by atomic mass is 10.0. The van der Waals surface area contributed by atoms with Gasteiger partial charge in [0.05, 0.1) is 28.2 Å². The van der Waals surface area contributed by atoms with Gasteiger partial charge in [-0.25, -0.2) is 4.98 Å². The van der Waals surface area contributed by atoms with Crippen LogP contribution < -0.4 is 5.32 Å². The number of hydrogen-bond acceptors (Lipinski definition) is 4. The van der Waals surface area contributed by atoms with Crippen molar-refractivity contribution in [2.24, 2.45) is 0 Å². The lowest BCUT2D eigenvalue weighted by molar-refractivity contribution is 0.102. The Hall–Kier alpha value is -3.61. The number of fused-ring (bicyclic) bond motifs is 1. The van der Waals surface area contributed by atoms with Gasteiger partial charge in [0.1, 0.15) is 0 Å². The third-order valence-electron chi connectivity index (χ3n) is 5.68. The molecule has 0 aliphatic carbocycles. The van der Waals surface area contributed by atoms with Crippen molar-refractivity contribution in [1.29, 1.82) is 0 Å². The molecular weight excluding hydrogens is 476 g/mol. The number of rotatable bonds is 6. The summed E-state index contributed by atoms with van der Waals surface area (Å²) in [5, 5.41) is 9.17. The van der Waals surface area contributed by atoms with Crippen molar-refractivity contribution in [2.45, 2.75) is 30.2 Å². The average Bonchev–Trinajstić information content (AvgIpc) is 3.26. The number of carbonyl (C=O) groups is 1. The zero-order valence-electron chi connectivity index (χ0n) is 19.3. The fourth-order valence-corrected chi connectivity index (χ4v) is 4.94. The van der Waals surface area contributed by atoms with E-state index in [4.69, 9.17) is 16.6 Å². The molecule has 1 amide bonds. The molecule has 1 N–H and O–H groups in total. The quantitative estimate of drug-likeness (QED) is 0.263. The zero-order valence-corrected chi connectivity index (χ0v) is 20.9. The van der Waals surface area contributed by atoms with Crippen molar-refractivity contribution in [2.75, 3.05) is 5.32 Å². The van der Waals surface area contributed by atoms with Gasteiger partial charge in [-0.05, 0) is 62.4 Å². The smallest absolute Gasteiger partial charge is 0.256 e. The molecule has 0 saturated heterocycles. The second-order valence-corrected chi connectivity index (χ2v) is 9.61. The Kier molecular flexibility index (Phi) is 6.57. The number of nitrogens with zero attached hydrogens (tertiary/aromatic N) is 3. The highest BCUT2D eigenvalue weighted by Crippen LogP contribution is 2.35. The summed E-state index contributed by atoms with van der Waals surface area (Å²) in [5.41, 5.74) is 4.61. The standard InChI is InChI=1S/C28H23ClN4OS/c1-3-33-17-23(18(2)32-33)26-16-22(21-8-4-5-9-24(21)30-26)28(34)31-25-10-6-7-11-27(25)35-20-14-12-19(29)13-15-20/h4-17H,3H2,1-2H3,(H,31,34). The molecule has 0 spiro atoms. The van der Waals surface area contributed by atoms with E-state index in [9.17, 15) is 4.79 Å². The number of carbonyl (C=O) groups excluding carboxylic acids is 1. The van der Waals surface area contributed by atoms with Gasteiger partial charge in [-0.3, -0.25) is 9.48 Å². The topological polar surface area (TPSA) is 59.8 Å². The van der Waals surface area contributed by atoms with Crippen LogP contribution in [0.1, 0.15) is 23.0 Å². The summed E-state index contributed by atoms with van der Waals surface area (Å²) in [6.07, 6.45) is 1.98. The molecule has 5 nitrogen and oxygen atoms in total. The second kappa shape index (κ2) is 9.94. The largest absolute Gasteiger partial charge is 0.321 e. The minimum Gasteiger partial charge on any atom is -0.321 e. The fraction of sp³-hybridized carbons (Fsp3) is 0.107. The Morgan fingerprint density at radius 3 is 2.54 bits per heavy atom. The second-order valence-electron chi connectivity index (χ2n) is 8.06. The zero-order chi connectivity index (χ0) is 24.4. The molecule has 0 aliphatic heterocycles. The molecule has 0 atom stereocenters. The van der Waals surface area contributed by atoms with E-state index >= 15 is 0 Å². The minimum absolute atomic E-state index is 0.186. The van der Waals surface area contributed by atoms with Crippen molar-refractivity contribution >= 4 is 45.9 Å². The monoisotopic (exact) mass is 498 g/mol. The summed E-state index contributed by atoms with van der Waals surface area (Å²) in [5.74, 6) is -0.186. The molecular formula is C28H23ClN4OS. The van der Waals surface area contributed by atoms with Crippen LogP contribution in [-0.2, 0) is 6.54 Å². The molecule has 2 aromatic heterocycles. The van der Waals surface area contributed by atoms with E-state index in [-0.39, 0.29) is 5.91 Å². The molecule has 0 fully saturated rings. The molecule has 0 unspecified atom stereocenters. The molecule has 3 aromatic carbocycles. The van der Waals surface area contributed by atoms with E-state index in [1.807, 2.05) is 104 Å². The third-order valence-corrected chi connectivity index (χ3v) is 7.02. The number of benzene rings is 3. The highest BCUT2D eigenvalue weighted by atomic mass is 35.5. The van der Waals surface area contributed by atoms with Crippen LogP contribution in [0, 0.1) is 6.92 Å². The highest BCUT2D eigenvalue weighted by molar-refractivity contribution is 7.99. The molecule has 2 heterocycles. The van der Waals surface area contributed by atoms with E-state index < -0.39 is 0 Å². The lowest BCUT2D eigenvalue weighted by Crippen LogP contribution is -2.13. The summed E-state index contributed by atoms with van der Waals surface area (Å²) >= 11 is 7.60. The molecule has 0 saturated carbocycles. The molecule has 7 heteroatoms. The van der Waals surface area contributed by atoms with Crippen LogP contribution >= 0.6 is 23.4 Å². The van der Waals surface area contributed by atoms with Crippen molar-refractivity contribution in [1.82, 2.24) is 14.8 Å². The maximum Gasteiger partial charge on any atom is 0.256 e. The first-order chi connectivity index (χ1) is 17.0. The molecule has 0 radical (unpaired) electrons. The number of aryl methyl sites for hydroxylation is 2. The van der Waals surface area contributed by atoms with Crippen molar-refractivity contribution in [3.8, 4) is 11.3 Å². The summed E-state index contributed by atoms with van der Waals surface area (Å²) in [6.45, 7) is 4.77. The molecule has 0 bridgehead atoms. The van der Waals surface area contributed by atoms with E-state index in [1.54, 1.807) is 11.8 Å². The number of amides is 1. The van der Waals surface area contributed by atoms with Gasteiger partial charge in [0.2, 0.25) is 0 Å². The van der Waals surface area contributed by atoms with Crippen molar-refractivity contribution < 1.29 is 4.79 Å². The van der Waals surface area contributed by atoms with Gasteiger partial charge >= 0.3 is 0 Å². The van der Waals surface area contributed by atoms with Crippen LogP contribution in [0.2, 0.25) is 5.02 Å². The van der Waals surface area contributed by atoms with Gasteiger partial charge in [-0.2, -0.15) is 5.10 Å². The van der Waals surface area contributed by atoms with Crippen LogP contribution in [0.4, 0.5) is 5.69 Å². The predicted octanol–water partition coefficient (Wildman–Crippen LogP) is 7.48. The fourth-order valence-electron chi connectivity index (χ4n) is 3.91. The maximum atomic E-state index is 13.6. The molecule has 174 valence electrons. The van der Waals surface area contributed by atoms with E-state index in [0.29, 0.717) is 10.6 Å². The Bertz CT molecular complexity index is 1530. The maximum absolute atomic E-state index is 13.6. The van der Waals surface area contributed by atoms with E-state index in [0.717, 1.165) is 49.9 Å². The van der Waals surface area contributed by atoms with Gasteiger partial charge in [-0.1, -0.05) is 53.7 Å². The van der Waals surface area contributed by atoms with Crippen molar-refractivity contribution in [3.63, 3.8) is 0 Å². The molecule has 35 heavy (non-hydrogen) atoms. The Labute approximate surface area is 213 Å². The number of para-hydroxylation sites is 2. The molecule has 5 rings (SSSR count).